The van der Waals surface area contributed by atoms with Crippen LogP contribution in [0.1, 0.15) is 5.56 Å². The minimum absolute atomic E-state index is 0.118. The molecule has 0 bridgehead atoms. The summed E-state index contributed by atoms with van der Waals surface area (Å²) in [7, 11) is 0. The number of para-hydroxylation sites is 3. The normalized spacial score (nSPS) is 12.5. The molecule has 0 saturated heterocycles. The second-order valence-corrected chi connectivity index (χ2v) is 6.68. The molecule has 2 aromatic heterocycles. The number of benzene rings is 2. The van der Waals surface area contributed by atoms with Crippen molar-refractivity contribution in [2.45, 2.75) is 0 Å². The van der Waals surface area contributed by atoms with E-state index in [9.17, 15) is 9.90 Å². The predicted octanol–water partition coefficient (Wildman–Crippen LogP) is 2.93. The third-order valence-electron chi connectivity index (χ3n) is 3.45. The molecule has 4 nitrogen and oxygen atoms in total. The molecular formula is C16H9BrN2O2S. The van der Waals surface area contributed by atoms with Gasteiger partial charge in [-0.05, 0) is 40.2 Å². The number of fused-ring (bicyclic) bond motifs is 3. The number of imidazole rings is 1. The van der Waals surface area contributed by atoms with Gasteiger partial charge in [-0.25, -0.2) is 9.38 Å². The number of halogens is 1. The number of thiazole rings is 1. The van der Waals surface area contributed by atoms with E-state index in [0.29, 0.717) is 19.5 Å². The molecule has 1 N–H and O–H groups in total. The largest absolute Gasteiger partial charge is 0.506 e. The molecule has 0 aliphatic rings. The standard InChI is InChI=1S/C16H9BrN2O2S/c17-10-5-3-4-9(14(10)20)8-13-15(21)19-12-7-2-1-6-11(12)18-16(19)22-13/h1-8,20H/b13-8+. The van der Waals surface area contributed by atoms with Crippen LogP contribution >= 0.6 is 27.3 Å². The van der Waals surface area contributed by atoms with Gasteiger partial charge in [0.15, 0.2) is 4.96 Å². The highest BCUT2D eigenvalue weighted by molar-refractivity contribution is 9.10. The minimum atomic E-state index is -0.118. The molecule has 0 unspecified atom stereocenters. The van der Waals surface area contributed by atoms with Gasteiger partial charge in [-0.1, -0.05) is 35.6 Å². The minimum Gasteiger partial charge on any atom is -0.506 e. The van der Waals surface area contributed by atoms with E-state index >= 15 is 0 Å². The van der Waals surface area contributed by atoms with E-state index in [1.807, 2.05) is 30.3 Å². The van der Waals surface area contributed by atoms with Crippen molar-refractivity contribution in [3.05, 3.63) is 67.4 Å². The molecular weight excluding hydrogens is 364 g/mol. The zero-order chi connectivity index (χ0) is 15.3. The van der Waals surface area contributed by atoms with Crippen LogP contribution in [-0.2, 0) is 0 Å². The molecule has 108 valence electrons. The summed E-state index contributed by atoms with van der Waals surface area (Å²) >= 11 is 4.59. The van der Waals surface area contributed by atoms with Gasteiger partial charge in [0, 0.05) is 5.56 Å². The van der Waals surface area contributed by atoms with Gasteiger partial charge < -0.3 is 5.11 Å². The van der Waals surface area contributed by atoms with Crippen molar-refractivity contribution in [2.75, 3.05) is 0 Å². The van der Waals surface area contributed by atoms with Gasteiger partial charge in [0.25, 0.3) is 5.56 Å². The number of aromatic nitrogens is 2. The number of rotatable bonds is 1. The predicted molar refractivity (Wildman–Crippen MR) is 91.4 cm³/mol. The molecule has 0 atom stereocenters. The molecule has 4 rings (SSSR count). The average Bonchev–Trinajstić information content (AvgIpc) is 3.01. The monoisotopic (exact) mass is 372 g/mol. The molecule has 2 heterocycles. The Hall–Kier alpha value is -2.18. The summed E-state index contributed by atoms with van der Waals surface area (Å²) < 4.78 is 2.75. The van der Waals surface area contributed by atoms with E-state index in [0.717, 1.165) is 11.0 Å². The summed E-state index contributed by atoms with van der Waals surface area (Å²) in [4.78, 5) is 17.7. The fourth-order valence-electron chi connectivity index (χ4n) is 2.40. The lowest BCUT2D eigenvalue weighted by atomic mass is 10.2. The third-order valence-corrected chi connectivity index (χ3v) is 5.06. The quantitative estimate of drug-likeness (QED) is 0.558. The average molecular weight is 373 g/mol. The van der Waals surface area contributed by atoms with Crippen LogP contribution in [0.5, 0.6) is 5.75 Å². The summed E-state index contributed by atoms with van der Waals surface area (Å²) in [5.41, 5.74) is 2.09. The van der Waals surface area contributed by atoms with E-state index in [-0.39, 0.29) is 11.3 Å². The maximum Gasteiger partial charge on any atom is 0.274 e. The summed E-state index contributed by atoms with van der Waals surface area (Å²) in [6, 6.07) is 12.9. The fourth-order valence-corrected chi connectivity index (χ4v) is 3.76. The van der Waals surface area contributed by atoms with Crippen LogP contribution in [0, 0.1) is 0 Å². The summed E-state index contributed by atoms with van der Waals surface area (Å²) in [6.45, 7) is 0. The van der Waals surface area contributed by atoms with Crippen molar-refractivity contribution < 1.29 is 5.11 Å². The first-order valence-electron chi connectivity index (χ1n) is 6.54. The number of phenolic OH excluding ortho intramolecular Hbond substituents is 1. The molecule has 6 heteroatoms. The second-order valence-electron chi connectivity index (χ2n) is 4.81. The Bertz CT molecular complexity index is 1130. The van der Waals surface area contributed by atoms with E-state index in [1.54, 1.807) is 22.6 Å². The molecule has 0 fully saturated rings. The van der Waals surface area contributed by atoms with Gasteiger partial charge in [-0.15, -0.1) is 0 Å². The molecule has 2 aromatic carbocycles. The molecule has 4 aromatic rings. The van der Waals surface area contributed by atoms with Crippen LogP contribution in [0.25, 0.3) is 22.1 Å². The molecule has 0 aliphatic carbocycles. The maximum atomic E-state index is 12.6. The van der Waals surface area contributed by atoms with E-state index in [2.05, 4.69) is 20.9 Å². The molecule has 22 heavy (non-hydrogen) atoms. The van der Waals surface area contributed by atoms with Crippen molar-refractivity contribution in [3.8, 4) is 5.75 Å². The third kappa shape index (κ3) is 1.95. The number of hydrogen-bond acceptors (Lipinski definition) is 4. The summed E-state index contributed by atoms with van der Waals surface area (Å²) in [6.07, 6.45) is 1.69. The number of nitrogens with zero attached hydrogens (tertiary/aromatic N) is 2. The topological polar surface area (TPSA) is 54.6 Å². The first-order chi connectivity index (χ1) is 10.6. The van der Waals surface area contributed by atoms with Crippen molar-refractivity contribution in [1.82, 2.24) is 9.38 Å². The van der Waals surface area contributed by atoms with Crippen LogP contribution in [0.2, 0.25) is 0 Å². The molecule has 0 saturated carbocycles. The van der Waals surface area contributed by atoms with Crippen molar-refractivity contribution in [1.29, 1.82) is 0 Å². The summed E-state index contributed by atoms with van der Waals surface area (Å²) in [5.74, 6) is 0.123. The van der Waals surface area contributed by atoms with Crippen LogP contribution in [-0.4, -0.2) is 14.5 Å². The smallest absolute Gasteiger partial charge is 0.274 e. The fraction of sp³-hybridized carbons (Fsp3) is 0. The lowest BCUT2D eigenvalue weighted by Gasteiger charge is -1.99. The van der Waals surface area contributed by atoms with Gasteiger partial charge in [-0.2, -0.15) is 0 Å². The van der Waals surface area contributed by atoms with Crippen LogP contribution in [0.3, 0.4) is 0 Å². The van der Waals surface area contributed by atoms with Crippen LogP contribution in [0.4, 0.5) is 0 Å². The number of aromatic hydroxyl groups is 1. The number of phenols is 1. The lowest BCUT2D eigenvalue weighted by molar-refractivity contribution is 0.470. The second kappa shape index (κ2) is 4.93. The summed E-state index contributed by atoms with van der Waals surface area (Å²) in [5, 5.41) is 10.0. The Labute approximate surface area is 137 Å². The molecule has 0 aliphatic heterocycles. The molecule has 0 radical (unpaired) electrons. The van der Waals surface area contributed by atoms with Crippen molar-refractivity contribution in [2.24, 2.45) is 0 Å². The first kappa shape index (κ1) is 13.5. The Kier molecular flexibility index (Phi) is 3.02. The maximum absolute atomic E-state index is 12.6. The molecule has 0 spiro atoms. The Balaban J connectivity index is 2.04. The van der Waals surface area contributed by atoms with Crippen LogP contribution < -0.4 is 10.1 Å². The van der Waals surface area contributed by atoms with Crippen LogP contribution in [0.15, 0.2) is 51.7 Å². The Morgan fingerprint density at radius 2 is 2.00 bits per heavy atom. The van der Waals surface area contributed by atoms with E-state index in [1.165, 1.54) is 11.3 Å². The highest BCUT2D eigenvalue weighted by atomic mass is 79.9. The highest BCUT2D eigenvalue weighted by Gasteiger charge is 2.11. The van der Waals surface area contributed by atoms with Gasteiger partial charge in [0.1, 0.15) is 5.75 Å². The van der Waals surface area contributed by atoms with Crippen molar-refractivity contribution >= 4 is 49.3 Å². The van der Waals surface area contributed by atoms with Gasteiger partial charge in [0.05, 0.1) is 20.0 Å². The number of hydrogen-bond donors (Lipinski definition) is 1. The Morgan fingerprint density at radius 1 is 1.18 bits per heavy atom. The Morgan fingerprint density at radius 3 is 2.86 bits per heavy atom. The van der Waals surface area contributed by atoms with Crippen molar-refractivity contribution in [3.63, 3.8) is 0 Å². The van der Waals surface area contributed by atoms with Gasteiger partial charge in [0.2, 0.25) is 0 Å². The van der Waals surface area contributed by atoms with E-state index < -0.39 is 0 Å². The highest BCUT2D eigenvalue weighted by Crippen LogP contribution is 2.27. The van der Waals surface area contributed by atoms with E-state index in [4.69, 9.17) is 0 Å². The zero-order valence-electron chi connectivity index (χ0n) is 11.2. The van der Waals surface area contributed by atoms with Gasteiger partial charge in [-0.3, -0.25) is 4.79 Å². The SMILES string of the molecule is O=c1/c(=C\c2cccc(Br)c2O)sc2nc3ccccc3n12. The molecule has 0 amide bonds. The lowest BCUT2D eigenvalue weighted by Crippen LogP contribution is -2.22. The first-order valence-corrected chi connectivity index (χ1v) is 8.15. The zero-order valence-corrected chi connectivity index (χ0v) is 13.6. The van der Waals surface area contributed by atoms with Gasteiger partial charge >= 0.3 is 0 Å².